The van der Waals surface area contributed by atoms with Gasteiger partial charge in [-0.1, -0.05) is 18.2 Å². The molecular weight excluding hydrogens is 445 g/mol. The van der Waals surface area contributed by atoms with Crippen molar-refractivity contribution in [1.29, 1.82) is 0 Å². The summed E-state index contributed by atoms with van der Waals surface area (Å²) in [6, 6.07) is 15.3. The number of fused-ring (bicyclic) bond motifs is 1. The van der Waals surface area contributed by atoms with Crippen LogP contribution in [0, 0.1) is 12.7 Å². The van der Waals surface area contributed by atoms with Crippen molar-refractivity contribution in [2.45, 2.75) is 25.8 Å². The highest BCUT2D eigenvalue weighted by Gasteiger charge is 2.31. The first-order valence-corrected chi connectivity index (χ1v) is 11.7. The summed E-state index contributed by atoms with van der Waals surface area (Å²) in [4.78, 5) is 34.7. The first-order valence-electron chi connectivity index (χ1n) is 11.7. The molecule has 0 unspecified atom stereocenters. The second-order valence-corrected chi connectivity index (χ2v) is 8.72. The number of piperidine rings is 1. The molecule has 5 rings (SSSR count). The zero-order valence-electron chi connectivity index (χ0n) is 19.3. The molecule has 4 aromatic rings. The van der Waals surface area contributed by atoms with Gasteiger partial charge in [-0.05, 0) is 73.7 Å². The van der Waals surface area contributed by atoms with Crippen LogP contribution >= 0.6 is 0 Å². The van der Waals surface area contributed by atoms with Crippen LogP contribution in [-0.4, -0.2) is 35.0 Å². The number of aryl methyl sites for hydroxylation is 1. The van der Waals surface area contributed by atoms with E-state index in [1.165, 1.54) is 18.3 Å². The van der Waals surface area contributed by atoms with E-state index in [9.17, 15) is 9.59 Å². The number of benzene rings is 2. The highest BCUT2D eigenvalue weighted by molar-refractivity contribution is 6.11. The van der Waals surface area contributed by atoms with E-state index >= 15 is 4.39 Å². The third-order valence-electron chi connectivity index (χ3n) is 6.36. The molecule has 1 amide bonds. The van der Waals surface area contributed by atoms with Gasteiger partial charge >= 0.3 is 0 Å². The minimum Gasteiger partial charge on any atom is -0.351 e. The van der Waals surface area contributed by atoms with E-state index in [-0.39, 0.29) is 22.9 Å². The van der Waals surface area contributed by atoms with Crippen LogP contribution in [0.4, 0.5) is 21.6 Å². The Morgan fingerprint density at radius 3 is 2.83 bits per heavy atom. The average Bonchev–Trinajstić information content (AvgIpc) is 2.86. The Kier molecular flexibility index (Phi) is 6.29. The van der Waals surface area contributed by atoms with E-state index < -0.39 is 11.7 Å². The Morgan fingerprint density at radius 1 is 1.17 bits per heavy atom. The molecule has 3 heterocycles. The molecule has 35 heavy (non-hydrogen) atoms. The second-order valence-electron chi connectivity index (χ2n) is 8.72. The van der Waals surface area contributed by atoms with E-state index in [0.717, 1.165) is 35.7 Å². The number of nitrogens with zero attached hydrogens (tertiary/aromatic N) is 2. The SMILES string of the molecule is Cc1cccc2ccnc(N(C(=O)c3ccc(Nc4ccc[nH]c4=O)cc3F)[C@@H]3CCCNC3)c12. The maximum Gasteiger partial charge on any atom is 0.271 e. The van der Waals surface area contributed by atoms with Gasteiger partial charge in [-0.25, -0.2) is 9.37 Å². The zero-order chi connectivity index (χ0) is 24.4. The average molecular weight is 472 g/mol. The number of hydrogen-bond donors (Lipinski definition) is 3. The Bertz CT molecular complexity index is 1440. The van der Waals surface area contributed by atoms with Crippen molar-refractivity contribution in [2.24, 2.45) is 0 Å². The molecule has 1 saturated heterocycles. The Hall–Kier alpha value is -4.04. The summed E-state index contributed by atoms with van der Waals surface area (Å²) in [5.74, 6) is -0.571. The van der Waals surface area contributed by atoms with Crippen LogP contribution < -0.4 is 21.1 Å². The quantitative estimate of drug-likeness (QED) is 0.398. The number of aromatic amines is 1. The van der Waals surface area contributed by atoms with Gasteiger partial charge in [0.1, 0.15) is 17.3 Å². The summed E-state index contributed by atoms with van der Waals surface area (Å²) in [7, 11) is 0. The minimum absolute atomic E-state index is 0.0459. The summed E-state index contributed by atoms with van der Waals surface area (Å²) in [5, 5.41) is 8.12. The molecule has 8 heteroatoms. The molecule has 0 spiro atoms. The molecule has 1 atom stereocenters. The van der Waals surface area contributed by atoms with Crippen LogP contribution in [0.2, 0.25) is 0 Å². The van der Waals surface area contributed by atoms with Crippen molar-refractivity contribution < 1.29 is 9.18 Å². The van der Waals surface area contributed by atoms with Gasteiger partial charge in [-0.15, -0.1) is 0 Å². The third kappa shape index (κ3) is 4.52. The van der Waals surface area contributed by atoms with Gasteiger partial charge in [-0.3, -0.25) is 14.5 Å². The Labute approximate surface area is 202 Å². The molecule has 3 N–H and O–H groups in total. The number of carbonyl (C=O) groups excluding carboxylic acids is 1. The third-order valence-corrected chi connectivity index (χ3v) is 6.36. The first kappa shape index (κ1) is 22.7. The molecule has 7 nitrogen and oxygen atoms in total. The lowest BCUT2D eigenvalue weighted by atomic mass is 10.0. The summed E-state index contributed by atoms with van der Waals surface area (Å²) in [6.07, 6.45) is 4.91. The second kappa shape index (κ2) is 9.68. The molecule has 0 aliphatic carbocycles. The number of carbonyl (C=O) groups is 1. The predicted molar refractivity (Wildman–Crippen MR) is 136 cm³/mol. The fourth-order valence-corrected chi connectivity index (χ4v) is 4.63. The summed E-state index contributed by atoms with van der Waals surface area (Å²) in [6.45, 7) is 3.48. The monoisotopic (exact) mass is 471 g/mol. The van der Waals surface area contributed by atoms with Crippen LogP contribution in [0.1, 0.15) is 28.8 Å². The molecule has 0 bridgehead atoms. The number of halogens is 1. The number of pyridine rings is 2. The van der Waals surface area contributed by atoms with Crippen molar-refractivity contribution in [2.75, 3.05) is 23.3 Å². The standard InChI is InChI=1S/C27H26FN5O2/c1-17-5-2-6-18-11-14-30-25(24(17)18)33(20-7-3-12-29-16-20)27(35)21-10-9-19(15-22(21)28)32-23-8-4-13-31-26(23)34/h2,4-6,8-11,13-15,20,29,32H,3,7,12,16H2,1H3,(H,31,34)/t20-/m1/s1. The highest BCUT2D eigenvalue weighted by Crippen LogP contribution is 2.32. The molecule has 2 aromatic heterocycles. The van der Waals surface area contributed by atoms with E-state index in [1.807, 2.05) is 31.2 Å². The van der Waals surface area contributed by atoms with Crippen molar-refractivity contribution in [3.63, 3.8) is 0 Å². The smallest absolute Gasteiger partial charge is 0.271 e. The molecule has 1 fully saturated rings. The molecule has 2 aromatic carbocycles. The topological polar surface area (TPSA) is 90.1 Å². The van der Waals surface area contributed by atoms with Crippen molar-refractivity contribution in [1.82, 2.24) is 15.3 Å². The van der Waals surface area contributed by atoms with E-state index in [4.69, 9.17) is 0 Å². The van der Waals surface area contributed by atoms with Gasteiger partial charge in [0.05, 0.1) is 11.6 Å². The molecular formula is C27H26FN5O2. The van der Waals surface area contributed by atoms with Gasteiger partial charge in [0.2, 0.25) is 0 Å². The predicted octanol–water partition coefficient (Wildman–Crippen LogP) is 4.51. The lowest BCUT2D eigenvalue weighted by Crippen LogP contribution is -2.49. The largest absolute Gasteiger partial charge is 0.351 e. The number of nitrogens with one attached hydrogen (secondary N) is 3. The summed E-state index contributed by atoms with van der Waals surface area (Å²) < 4.78 is 15.3. The normalized spacial score (nSPS) is 15.7. The number of anilines is 3. The fourth-order valence-electron chi connectivity index (χ4n) is 4.63. The fraction of sp³-hybridized carbons (Fsp3) is 0.222. The number of hydrogen-bond acceptors (Lipinski definition) is 5. The molecule has 1 aliphatic heterocycles. The minimum atomic E-state index is -0.668. The van der Waals surface area contributed by atoms with Crippen LogP contribution in [0.3, 0.4) is 0 Å². The molecule has 178 valence electrons. The van der Waals surface area contributed by atoms with E-state index in [2.05, 4.69) is 20.6 Å². The van der Waals surface area contributed by atoms with Crippen molar-refractivity contribution >= 4 is 33.9 Å². The first-order chi connectivity index (χ1) is 17.0. The van der Waals surface area contributed by atoms with Crippen LogP contribution in [0.15, 0.2) is 71.8 Å². The maximum atomic E-state index is 15.3. The van der Waals surface area contributed by atoms with Crippen molar-refractivity contribution in [3.8, 4) is 0 Å². The van der Waals surface area contributed by atoms with Gasteiger partial charge in [0.25, 0.3) is 11.5 Å². The van der Waals surface area contributed by atoms with Gasteiger partial charge in [0, 0.05) is 30.0 Å². The lowest BCUT2D eigenvalue weighted by molar-refractivity contribution is 0.0968. The number of amides is 1. The van der Waals surface area contributed by atoms with Gasteiger partial charge in [0.15, 0.2) is 0 Å². The zero-order valence-corrected chi connectivity index (χ0v) is 19.3. The molecule has 0 radical (unpaired) electrons. The number of rotatable bonds is 5. The number of H-pyrrole nitrogens is 1. The number of aromatic nitrogens is 2. The summed E-state index contributed by atoms with van der Waals surface area (Å²) >= 11 is 0. The highest BCUT2D eigenvalue weighted by atomic mass is 19.1. The van der Waals surface area contributed by atoms with Gasteiger partial charge in [-0.2, -0.15) is 0 Å². The Balaban J connectivity index is 1.55. The van der Waals surface area contributed by atoms with Gasteiger partial charge < -0.3 is 15.6 Å². The molecule has 1 aliphatic rings. The summed E-state index contributed by atoms with van der Waals surface area (Å²) in [5.41, 5.74) is 1.30. The van der Waals surface area contributed by atoms with Crippen molar-refractivity contribution in [3.05, 3.63) is 94.3 Å². The Morgan fingerprint density at radius 2 is 2.06 bits per heavy atom. The lowest BCUT2D eigenvalue weighted by Gasteiger charge is -2.35. The van der Waals surface area contributed by atoms with E-state index in [1.54, 1.807) is 29.3 Å². The molecule has 0 saturated carbocycles. The van der Waals surface area contributed by atoms with E-state index in [0.29, 0.717) is 18.1 Å². The van der Waals surface area contributed by atoms with Crippen LogP contribution in [-0.2, 0) is 0 Å². The maximum absolute atomic E-state index is 15.3. The van der Waals surface area contributed by atoms with Crippen LogP contribution in [0.5, 0.6) is 0 Å². The van der Waals surface area contributed by atoms with Crippen LogP contribution in [0.25, 0.3) is 10.8 Å².